The standard InChI is InChI=1S/C12H16FN3O4/c1-14(2)6-7-15(8-11(17)18)10-5-3-4-9(13)12(10)16(19)20/h3-5H,6-8H2,1-2H3,(H,17,18). The molecule has 1 aromatic carbocycles. The maximum absolute atomic E-state index is 13.6. The number of carbonyl (C=O) groups is 1. The Hall–Kier alpha value is -2.22. The first kappa shape index (κ1) is 15.8. The van der Waals surface area contributed by atoms with Crippen molar-refractivity contribution in [2.24, 2.45) is 0 Å². The predicted molar refractivity (Wildman–Crippen MR) is 71.5 cm³/mol. The summed E-state index contributed by atoms with van der Waals surface area (Å²) in [6, 6.07) is 3.65. The first-order valence-electron chi connectivity index (χ1n) is 5.87. The van der Waals surface area contributed by atoms with Crippen LogP contribution >= 0.6 is 0 Å². The molecule has 0 aliphatic heterocycles. The Labute approximate surface area is 115 Å². The Kier molecular flexibility index (Phi) is 5.39. The van der Waals surface area contributed by atoms with Crippen LogP contribution in [-0.4, -0.2) is 54.6 Å². The molecule has 0 fully saturated rings. The van der Waals surface area contributed by atoms with Gasteiger partial charge in [0.15, 0.2) is 0 Å². The van der Waals surface area contributed by atoms with Crippen LogP contribution in [0, 0.1) is 15.9 Å². The van der Waals surface area contributed by atoms with Crippen molar-refractivity contribution in [2.75, 3.05) is 38.6 Å². The number of para-hydroxylation sites is 1. The minimum absolute atomic E-state index is 0.0285. The van der Waals surface area contributed by atoms with Crippen LogP contribution in [0.3, 0.4) is 0 Å². The molecule has 0 aromatic heterocycles. The van der Waals surface area contributed by atoms with E-state index in [-0.39, 0.29) is 12.2 Å². The minimum Gasteiger partial charge on any atom is -0.480 e. The molecule has 1 aromatic rings. The van der Waals surface area contributed by atoms with E-state index < -0.39 is 28.9 Å². The molecule has 1 N–H and O–H groups in total. The summed E-state index contributed by atoms with van der Waals surface area (Å²) in [5.41, 5.74) is -0.730. The number of anilines is 1. The second-order valence-electron chi connectivity index (χ2n) is 4.48. The van der Waals surface area contributed by atoms with Crippen LogP contribution in [0.4, 0.5) is 15.8 Å². The number of carboxylic acid groups (broad SMARTS) is 1. The van der Waals surface area contributed by atoms with Crippen molar-refractivity contribution in [3.63, 3.8) is 0 Å². The molecule has 0 atom stereocenters. The average Bonchev–Trinajstić information content (AvgIpc) is 2.33. The maximum atomic E-state index is 13.6. The molecule has 8 heteroatoms. The minimum atomic E-state index is -1.14. The number of nitro groups is 1. The molecule has 20 heavy (non-hydrogen) atoms. The van der Waals surface area contributed by atoms with Crippen molar-refractivity contribution < 1.29 is 19.2 Å². The Morgan fingerprint density at radius 1 is 1.40 bits per heavy atom. The summed E-state index contributed by atoms with van der Waals surface area (Å²) >= 11 is 0. The van der Waals surface area contributed by atoms with E-state index in [9.17, 15) is 19.3 Å². The summed E-state index contributed by atoms with van der Waals surface area (Å²) in [4.78, 5) is 24.1. The van der Waals surface area contributed by atoms with Gasteiger partial charge in [-0.15, -0.1) is 0 Å². The van der Waals surface area contributed by atoms with E-state index >= 15 is 0 Å². The normalized spacial score (nSPS) is 10.6. The Balaban J connectivity index is 3.15. The van der Waals surface area contributed by atoms with Gasteiger partial charge in [-0.3, -0.25) is 14.9 Å². The van der Waals surface area contributed by atoms with Crippen LogP contribution in [-0.2, 0) is 4.79 Å². The van der Waals surface area contributed by atoms with Gasteiger partial charge in [0.1, 0.15) is 12.2 Å². The number of hydrogen-bond acceptors (Lipinski definition) is 5. The molecular weight excluding hydrogens is 269 g/mol. The number of likely N-dealkylation sites (N-methyl/N-ethyl adjacent to an activating group) is 1. The van der Waals surface area contributed by atoms with Gasteiger partial charge in [0, 0.05) is 13.1 Å². The molecule has 0 bridgehead atoms. The zero-order valence-electron chi connectivity index (χ0n) is 11.2. The molecule has 0 radical (unpaired) electrons. The highest BCUT2D eigenvalue weighted by molar-refractivity contribution is 5.76. The first-order valence-corrected chi connectivity index (χ1v) is 5.87. The van der Waals surface area contributed by atoms with Gasteiger partial charge in [0.25, 0.3) is 0 Å². The molecule has 7 nitrogen and oxygen atoms in total. The van der Waals surface area contributed by atoms with E-state index in [0.29, 0.717) is 6.54 Å². The van der Waals surface area contributed by atoms with Crippen LogP contribution < -0.4 is 4.90 Å². The van der Waals surface area contributed by atoms with Gasteiger partial charge < -0.3 is 14.9 Å². The Morgan fingerprint density at radius 3 is 2.55 bits per heavy atom. The fourth-order valence-electron chi connectivity index (χ4n) is 1.71. The maximum Gasteiger partial charge on any atom is 0.327 e. The van der Waals surface area contributed by atoms with Crippen molar-refractivity contribution in [3.05, 3.63) is 34.1 Å². The third kappa shape index (κ3) is 4.16. The SMILES string of the molecule is CN(C)CCN(CC(=O)O)c1cccc(F)c1[N+](=O)[O-]. The van der Waals surface area contributed by atoms with Crippen LogP contribution in [0.2, 0.25) is 0 Å². The predicted octanol–water partition coefficient (Wildman–Crippen LogP) is 1.19. The summed E-state index contributed by atoms with van der Waals surface area (Å²) < 4.78 is 13.6. The van der Waals surface area contributed by atoms with E-state index in [2.05, 4.69) is 0 Å². The molecule has 0 unspecified atom stereocenters. The second kappa shape index (κ2) is 6.80. The van der Waals surface area contributed by atoms with E-state index in [1.807, 2.05) is 0 Å². The molecule has 110 valence electrons. The van der Waals surface area contributed by atoms with E-state index in [0.717, 1.165) is 6.07 Å². The summed E-state index contributed by atoms with van der Waals surface area (Å²) in [5.74, 6) is -2.12. The lowest BCUT2D eigenvalue weighted by Gasteiger charge is -2.24. The number of nitro benzene ring substituents is 1. The highest BCUT2D eigenvalue weighted by Gasteiger charge is 2.25. The molecule has 0 saturated carbocycles. The number of benzene rings is 1. The second-order valence-corrected chi connectivity index (χ2v) is 4.48. The average molecular weight is 285 g/mol. The number of carboxylic acids is 1. The van der Waals surface area contributed by atoms with Gasteiger partial charge in [0.05, 0.1) is 4.92 Å². The van der Waals surface area contributed by atoms with Crippen molar-refractivity contribution >= 4 is 17.3 Å². The third-order valence-electron chi connectivity index (χ3n) is 2.63. The smallest absolute Gasteiger partial charge is 0.327 e. The summed E-state index contributed by atoms with van der Waals surface area (Å²) in [6.45, 7) is 0.294. The van der Waals surface area contributed by atoms with E-state index in [1.54, 1.807) is 19.0 Å². The molecule has 0 spiro atoms. The van der Waals surface area contributed by atoms with Gasteiger partial charge in [-0.1, -0.05) is 6.07 Å². The molecule has 0 heterocycles. The molecule has 0 aliphatic rings. The number of rotatable bonds is 7. The summed E-state index contributed by atoms with van der Waals surface area (Å²) in [5, 5.41) is 19.8. The zero-order chi connectivity index (χ0) is 15.3. The molecule has 0 aliphatic carbocycles. The van der Waals surface area contributed by atoms with Gasteiger partial charge in [-0.05, 0) is 26.2 Å². The summed E-state index contributed by atoms with van der Waals surface area (Å²) in [7, 11) is 3.58. The lowest BCUT2D eigenvalue weighted by atomic mass is 10.2. The number of nitrogens with zero attached hydrogens (tertiary/aromatic N) is 3. The Morgan fingerprint density at radius 2 is 2.05 bits per heavy atom. The van der Waals surface area contributed by atoms with Crippen molar-refractivity contribution in [3.8, 4) is 0 Å². The Bertz CT molecular complexity index is 507. The zero-order valence-corrected chi connectivity index (χ0v) is 11.2. The molecule has 0 saturated heterocycles. The largest absolute Gasteiger partial charge is 0.480 e. The van der Waals surface area contributed by atoms with E-state index in [4.69, 9.17) is 5.11 Å². The monoisotopic (exact) mass is 285 g/mol. The van der Waals surface area contributed by atoms with Gasteiger partial charge >= 0.3 is 11.7 Å². The lowest BCUT2D eigenvalue weighted by Crippen LogP contribution is -2.36. The van der Waals surface area contributed by atoms with Crippen molar-refractivity contribution in [1.29, 1.82) is 0 Å². The summed E-state index contributed by atoms with van der Waals surface area (Å²) in [6.07, 6.45) is 0. The molecule has 0 amide bonds. The first-order chi connectivity index (χ1) is 9.32. The quantitative estimate of drug-likeness (QED) is 0.598. The van der Waals surface area contributed by atoms with Gasteiger partial charge in [-0.25, -0.2) is 0 Å². The fraction of sp³-hybridized carbons (Fsp3) is 0.417. The van der Waals surface area contributed by atoms with Crippen LogP contribution in [0.1, 0.15) is 0 Å². The van der Waals surface area contributed by atoms with Crippen molar-refractivity contribution in [2.45, 2.75) is 0 Å². The fourth-order valence-corrected chi connectivity index (χ4v) is 1.71. The van der Waals surface area contributed by atoms with Crippen molar-refractivity contribution in [1.82, 2.24) is 4.90 Å². The van der Waals surface area contributed by atoms with E-state index in [1.165, 1.54) is 17.0 Å². The number of aliphatic carboxylic acids is 1. The van der Waals surface area contributed by atoms with Crippen LogP contribution in [0.5, 0.6) is 0 Å². The van der Waals surface area contributed by atoms with Gasteiger partial charge in [-0.2, -0.15) is 4.39 Å². The number of hydrogen-bond donors (Lipinski definition) is 1. The molecular formula is C12H16FN3O4. The van der Waals surface area contributed by atoms with Gasteiger partial charge in [0.2, 0.25) is 5.82 Å². The molecule has 1 rings (SSSR count). The van der Waals surface area contributed by atoms with Crippen LogP contribution in [0.15, 0.2) is 18.2 Å². The third-order valence-corrected chi connectivity index (χ3v) is 2.63. The van der Waals surface area contributed by atoms with Crippen LogP contribution in [0.25, 0.3) is 0 Å². The highest BCUT2D eigenvalue weighted by Crippen LogP contribution is 2.30. The lowest BCUT2D eigenvalue weighted by molar-refractivity contribution is -0.386. The highest BCUT2D eigenvalue weighted by atomic mass is 19.1. The topological polar surface area (TPSA) is 86.9 Å². The number of halogens is 1.